The highest BCUT2D eigenvalue weighted by Crippen LogP contribution is 2.08. The molecule has 1 N–H and O–H groups in total. The van der Waals surface area contributed by atoms with Gasteiger partial charge in [0.2, 0.25) is 0 Å². The summed E-state index contributed by atoms with van der Waals surface area (Å²) in [5, 5.41) is 3.36. The Balaban J connectivity index is 1.82. The van der Waals surface area contributed by atoms with Crippen LogP contribution in [0, 0.1) is 3.57 Å². The number of hydrogen-bond acceptors (Lipinski definition) is 2. The van der Waals surface area contributed by atoms with Crippen molar-refractivity contribution < 1.29 is 0 Å². The molecule has 2 nitrogen and oxygen atoms in total. The molecule has 1 saturated heterocycles. The number of halogens is 1. The predicted molar refractivity (Wildman–Crippen MR) is 77.5 cm³/mol. The summed E-state index contributed by atoms with van der Waals surface area (Å²) < 4.78 is 1.29. The Morgan fingerprint density at radius 2 is 1.88 bits per heavy atom. The Kier molecular flexibility index (Phi) is 4.81. The lowest BCUT2D eigenvalue weighted by atomic mass is 10.2. The molecule has 0 aromatic heterocycles. The Hall–Kier alpha value is -0.390. The van der Waals surface area contributed by atoms with Gasteiger partial charge in [0.25, 0.3) is 0 Å². The van der Waals surface area contributed by atoms with Crippen molar-refractivity contribution in [1.29, 1.82) is 0 Å². The maximum absolute atomic E-state index is 3.36. The van der Waals surface area contributed by atoms with E-state index in [-0.39, 0.29) is 0 Å². The molecule has 0 radical (unpaired) electrons. The van der Waals surface area contributed by atoms with Gasteiger partial charge in [-0.3, -0.25) is 4.90 Å². The Labute approximate surface area is 111 Å². The van der Waals surface area contributed by atoms with Crippen molar-refractivity contribution in [3.05, 3.63) is 39.5 Å². The average molecular weight is 328 g/mol. The summed E-state index contributed by atoms with van der Waals surface area (Å²) >= 11 is 2.33. The van der Waals surface area contributed by atoms with E-state index < -0.39 is 0 Å². The lowest BCUT2D eigenvalue weighted by Gasteiger charge is -2.25. The lowest BCUT2D eigenvalue weighted by molar-refractivity contribution is 0.265. The monoisotopic (exact) mass is 328 g/mol. The quantitative estimate of drug-likeness (QED) is 0.856. The van der Waals surface area contributed by atoms with E-state index >= 15 is 0 Å². The summed E-state index contributed by atoms with van der Waals surface area (Å²) in [6, 6.07) is 8.61. The van der Waals surface area contributed by atoms with Crippen molar-refractivity contribution in [2.24, 2.45) is 0 Å². The van der Waals surface area contributed by atoms with Crippen LogP contribution in [-0.2, 0) is 0 Å². The minimum absolute atomic E-state index is 1.06. The molecule has 0 amide bonds. The van der Waals surface area contributed by atoms with Crippen molar-refractivity contribution in [1.82, 2.24) is 10.2 Å². The predicted octanol–water partition coefficient (Wildman–Crippen LogP) is 2.21. The first-order valence-corrected chi connectivity index (χ1v) is 6.78. The molecule has 0 bridgehead atoms. The summed E-state index contributed by atoms with van der Waals surface area (Å²) in [7, 11) is 0. The van der Waals surface area contributed by atoms with Gasteiger partial charge < -0.3 is 5.32 Å². The molecule has 1 heterocycles. The molecule has 0 atom stereocenters. The number of nitrogens with zero attached hydrogens (tertiary/aromatic N) is 1. The number of piperazine rings is 1. The van der Waals surface area contributed by atoms with E-state index in [1.54, 1.807) is 0 Å². The fourth-order valence-electron chi connectivity index (χ4n) is 1.81. The number of hydrogen-bond donors (Lipinski definition) is 1. The highest BCUT2D eigenvalue weighted by molar-refractivity contribution is 14.1. The zero-order chi connectivity index (χ0) is 11.2. The van der Waals surface area contributed by atoms with Crippen LogP contribution in [0.1, 0.15) is 5.56 Å². The van der Waals surface area contributed by atoms with Crippen molar-refractivity contribution in [3.63, 3.8) is 0 Å². The maximum atomic E-state index is 3.36. The van der Waals surface area contributed by atoms with Crippen molar-refractivity contribution in [2.75, 3.05) is 32.7 Å². The molecule has 1 aromatic rings. The standard InChI is InChI=1S/C13H17IN2/c14-13-5-3-12(4-6-13)2-1-9-16-10-7-15-8-11-16/h1-6,15H,7-11H2/b2-1+. The molecule has 16 heavy (non-hydrogen) atoms. The van der Waals surface area contributed by atoms with Crippen molar-refractivity contribution in [2.45, 2.75) is 0 Å². The third-order valence-corrected chi connectivity index (χ3v) is 3.47. The van der Waals surface area contributed by atoms with Crippen LogP contribution in [0.25, 0.3) is 6.08 Å². The third kappa shape index (κ3) is 3.88. The lowest BCUT2D eigenvalue weighted by Crippen LogP contribution is -2.43. The summed E-state index contributed by atoms with van der Waals surface area (Å²) in [6.45, 7) is 5.64. The summed E-state index contributed by atoms with van der Waals surface area (Å²) in [5.74, 6) is 0. The van der Waals surface area contributed by atoms with Gasteiger partial charge in [-0.1, -0.05) is 24.3 Å². The highest BCUT2D eigenvalue weighted by Gasteiger charge is 2.06. The van der Waals surface area contributed by atoms with Gasteiger partial charge in [0, 0.05) is 36.3 Å². The van der Waals surface area contributed by atoms with Crippen LogP contribution in [0.2, 0.25) is 0 Å². The molecule has 1 aliphatic rings. The number of benzene rings is 1. The first-order valence-electron chi connectivity index (χ1n) is 5.70. The van der Waals surface area contributed by atoms with Crippen LogP contribution in [-0.4, -0.2) is 37.6 Å². The Morgan fingerprint density at radius 3 is 2.56 bits per heavy atom. The zero-order valence-electron chi connectivity index (χ0n) is 9.32. The molecular formula is C13H17IN2. The molecule has 0 aliphatic carbocycles. The van der Waals surface area contributed by atoms with Crippen LogP contribution in [0.5, 0.6) is 0 Å². The number of rotatable bonds is 3. The van der Waals surface area contributed by atoms with Gasteiger partial charge in [0.05, 0.1) is 0 Å². The second-order valence-electron chi connectivity index (χ2n) is 4.00. The van der Waals surface area contributed by atoms with E-state index in [1.165, 1.54) is 9.13 Å². The average Bonchev–Trinajstić information content (AvgIpc) is 2.33. The molecule has 0 saturated carbocycles. The second kappa shape index (κ2) is 6.37. The van der Waals surface area contributed by atoms with E-state index in [2.05, 4.69) is 69.2 Å². The highest BCUT2D eigenvalue weighted by atomic mass is 127. The minimum atomic E-state index is 1.06. The fourth-order valence-corrected chi connectivity index (χ4v) is 2.17. The largest absolute Gasteiger partial charge is 0.314 e. The van der Waals surface area contributed by atoms with Gasteiger partial charge in [-0.05, 0) is 40.3 Å². The summed E-state index contributed by atoms with van der Waals surface area (Å²) in [4.78, 5) is 2.47. The molecule has 86 valence electrons. The van der Waals surface area contributed by atoms with Crippen LogP contribution in [0.15, 0.2) is 30.3 Å². The van der Waals surface area contributed by atoms with E-state index in [9.17, 15) is 0 Å². The van der Waals surface area contributed by atoms with Crippen LogP contribution >= 0.6 is 22.6 Å². The topological polar surface area (TPSA) is 15.3 Å². The van der Waals surface area contributed by atoms with Gasteiger partial charge in [-0.15, -0.1) is 0 Å². The summed E-state index contributed by atoms with van der Waals surface area (Å²) in [6.07, 6.45) is 4.46. The van der Waals surface area contributed by atoms with E-state index in [1.807, 2.05) is 0 Å². The molecule has 1 aromatic carbocycles. The molecule has 0 unspecified atom stereocenters. The van der Waals surface area contributed by atoms with E-state index in [0.29, 0.717) is 0 Å². The minimum Gasteiger partial charge on any atom is -0.314 e. The zero-order valence-corrected chi connectivity index (χ0v) is 11.5. The Bertz CT molecular complexity index is 339. The Morgan fingerprint density at radius 1 is 1.19 bits per heavy atom. The molecule has 1 fully saturated rings. The SMILES string of the molecule is Ic1ccc(/C=C/CN2CCNCC2)cc1. The summed E-state index contributed by atoms with van der Waals surface area (Å²) in [5.41, 5.74) is 1.29. The third-order valence-electron chi connectivity index (χ3n) is 2.75. The molecule has 0 spiro atoms. The van der Waals surface area contributed by atoms with Gasteiger partial charge in [0.1, 0.15) is 0 Å². The molecular weight excluding hydrogens is 311 g/mol. The second-order valence-corrected chi connectivity index (χ2v) is 5.25. The van der Waals surface area contributed by atoms with Gasteiger partial charge in [-0.2, -0.15) is 0 Å². The first-order chi connectivity index (χ1) is 7.84. The van der Waals surface area contributed by atoms with Crippen LogP contribution in [0.4, 0.5) is 0 Å². The van der Waals surface area contributed by atoms with Crippen molar-refractivity contribution >= 4 is 28.7 Å². The van der Waals surface area contributed by atoms with E-state index in [4.69, 9.17) is 0 Å². The normalized spacial score (nSPS) is 18.1. The first kappa shape index (κ1) is 12.1. The number of nitrogens with one attached hydrogen (secondary N) is 1. The van der Waals surface area contributed by atoms with Gasteiger partial charge in [0.15, 0.2) is 0 Å². The smallest absolute Gasteiger partial charge is 0.0167 e. The van der Waals surface area contributed by atoms with Crippen LogP contribution in [0.3, 0.4) is 0 Å². The molecule has 3 heteroatoms. The van der Waals surface area contributed by atoms with E-state index in [0.717, 1.165) is 32.7 Å². The van der Waals surface area contributed by atoms with Crippen LogP contribution < -0.4 is 5.32 Å². The maximum Gasteiger partial charge on any atom is 0.0167 e. The molecule has 1 aliphatic heterocycles. The van der Waals surface area contributed by atoms with Gasteiger partial charge in [-0.25, -0.2) is 0 Å². The van der Waals surface area contributed by atoms with Crippen molar-refractivity contribution in [3.8, 4) is 0 Å². The fraction of sp³-hybridized carbons (Fsp3) is 0.385. The van der Waals surface area contributed by atoms with Gasteiger partial charge >= 0.3 is 0 Å². The molecule has 2 rings (SSSR count).